The number of carbonyl (C=O) groups excluding carboxylic acids is 1. The number of carbonyl (C=O) groups is 1. The molecule has 3 rings (SSSR count). The van der Waals surface area contributed by atoms with Crippen molar-refractivity contribution in [2.24, 2.45) is 10.8 Å². The Bertz CT molecular complexity index is 676. The van der Waals surface area contributed by atoms with Gasteiger partial charge in [0.25, 0.3) is 5.91 Å². The molecule has 0 saturated carbocycles. The molecule has 2 aliphatic heterocycles. The van der Waals surface area contributed by atoms with Crippen molar-refractivity contribution >= 4 is 34.8 Å². The topological polar surface area (TPSA) is 55.8 Å². The quantitative estimate of drug-likeness (QED) is 0.728. The van der Waals surface area contributed by atoms with Gasteiger partial charge >= 0.3 is 0 Å². The van der Waals surface area contributed by atoms with E-state index in [1.807, 2.05) is 4.90 Å². The fourth-order valence-electron chi connectivity index (χ4n) is 4.50. The predicted molar refractivity (Wildman–Crippen MR) is 103 cm³/mol. The molecule has 0 aliphatic carbocycles. The maximum Gasteiger partial charge on any atom is 0.257 e. The van der Waals surface area contributed by atoms with Crippen LogP contribution in [0.4, 0.5) is 0 Å². The summed E-state index contributed by atoms with van der Waals surface area (Å²) in [6, 6.07) is 6.71. The van der Waals surface area contributed by atoms with E-state index < -0.39 is 0 Å². The van der Waals surface area contributed by atoms with E-state index in [0.717, 1.165) is 13.1 Å². The lowest BCUT2D eigenvalue weighted by atomic mass is 9.63. The van der Waals surface area contributed by atoms with Crippen LogP contribution in [0.1, 0.15) is 24.2 Å². The number of halogens is 1. The minimum atomic E-state index is -0.387. The molecule has 2 saturated heterocycles. The molecular formula is C18H24ClN3O2S. The van der Waals surface area contributed by atoms with Crippen molar-refractivity contribution < 1.29 is 9.90 Å². The molecule has 0 radical (unpaired) electrons. The lowest BCUT2D eigenvalue weighted by Crippen LogP contribution is -2.71. The average molecular weight is 382 g/mol. The molecule has 2 atom stereocenters. The third kappa shape index (κ3) is 3.53. The summed E-state index contributed by atoms with van der Waals surface area (Å²) in [7, 11) is 2.08. The van der Waals surface area contributed by atoms with Crippen molar-refractivity contribution in [3.05, 3.63) is 34.9 Å². The molecular weight excluding hydrogens is 358 g/mol. The third-order valence-electron chi connectivity index (χ3n) is 5.30. The number of nitrogens with zero attached hydrogens (tertiary/aromatic N) is 2. The van der Waals surface area contributed by atoms with Gasteiger partial charge in [-0.05, 0) is 43.5 Å². The largest absolute Gasteiger partial charge is 0.392 e. The number of likely N-dealkylation sites (tertiary alicyclic amines) is 2. The molecule has 5 nitrogen and oxygen atoms in total. The Hall–Kier alpha value is -1.21. The summed E-state index contributed by atoms with van der Waals surface area (Å²) in [5, 5.41) is 14.6. The molecule has 2 bridgehead atoms. The maximum absolute atomic E-state index is 12.4. The summed E-state index contributed by atoms with van der Waals surface area (Å²) in [6.45, 7) is 7.01. The number of benzene rings is 1. The number of hydrogen-bond acceptors (Lipinski definition) is 4. The van der Waals surface area contributed by atoms with Gasteiger partial charge in [0.05, 0.1) is 6.10 Å². The second-order valence-electron chi connectivity index (χ2n) is 8.01. The lowest BCUT2D eigenvalue weighted by Gasteiger charge is -2.59. The first kappa shape index (κ1) is 18.6. The van der Waals surface area contributed by atoms with Crippen LogP contribution in [0.3, 0.4) is 0 Å². The summed E-state index contributed by atoms with van der Waals surface area (Å²) in [5.74, 6) is -0.245. The Morgan fingerprint density at radius 2 is 1.72 bits per heavy atom. The number of aliphatic hydroxyl groups excluding tert-OH is 1. The third-order valence-corrected chi connectivity index (χ3v) is 5.91. The van der Waals surface area contributed by atoms with E-state index in [1.165, 1.54) is 0 Å². The van der Waals surface area contributed by atoms with E-state index in [4.69, 9.17) is 23.8 Å². The van der Waals surface area contributed by atoms with Crippen molar-refractivity contribution in [3.63, 3.8) is 0 Å². The molecule has 1 aromatic carbocycles. The second kappa shape index (κ2) is 6.50. The van der Waals surface area contributed by atoms with Gasteiger partial charge in [-0.2, -0.15) is 0 Å². The number of rotatable bonds is 1. The molecule has 0 unspecified atom stereocenters. The molecule has 0 spiro atoms. The van der Waals surface area contributed by atoms with Crippen LogP contribution in [0.2, 0.25) is 5.02 Å². The zero-order valence-corrected chi connectivity index (χ0v) is 16.3. The van der Waals surface area contributed by atoms with Crippen LogP contribution in [0.15, 0.2) is 24.3 Å². The molecule has 2 heterocycles. The first-order chi connectivity index (χ1) is 11.6. The van der Waals surface area contributed by atoms with Crippen molar-refractivity contribution in [3.8, 4) is 0 Å². The number of nitrogens with one attached hydrogen (secondary N) is 1. The van der Waals surface area contributed by atoms with Crippen molar-refractivity contribution in [2.45, 2.75) is 20.0 Å². The van der Waals surface area contributed by atoms with Gasteiger partial charge in [-0.3, -0.25) is 10.1 Å². The van der Waals surface area contributed by atoms with Crippen LogP contribution in [0.5, 0.6) is 0 Å². The minimum absolute atomic E-state index is 0.245. The highest BCUT2D eigenvalue weighted by Crippen LogP contribution is 2.45. The van der Waals surface area contributed by atoms with Gasteiger partial charge in [-0.1, -0.05) is 25.4 Å². The van der Waals surface area contributed by atoms with Crippen LogP contribution in [0.25, 0.3) is 0 Å². The standard InChI is InChI=1S/C18H24ClN3O2S/c1-17-8-21(3)9-18(2,15(17)24)11-22(10-17)16(25)20-14(23)12-4-6-13(19)7-5-12/h4-7,15,24H,8-11H2,1-3H3,(H,20,23,25)/t17-,18-/m0/s1. The van der Waals surface area contributed by atoms with Crippen LogP contribution in [-0.4, -0.2) is 65.3 Å². The number of thiocarbonyl (C=S) groups is 1. The molecule has 2 N–H and O–H groups in total. The van der Waals surface area contributed by atoms with E-state index in [0.29, 0.717) is 28.8 Å². The van der Waals surface area contributed by atoms with E-state index in [2.05, 4.69) is 31.1 Å². The maximum atomic E-state index is 12.4. The number of fused-ring (bicyclic) bond motifs is 2. The Morgan fingerprint density at radius 3 is 2.24 bits per heavy atom. The van der Waals surface area contributed by atoms with E-state index >= 15 is 0 Å². The number of aliphatic hydroxyl groups is 1. The zero-order valence-electron chi connectivity index (χ0n) is 14.8. The van der Waals surface area contributed by atoms with Gasteiger partial charge in [0.2, 0.25) is 0 Å². The van der Waals surface area contributed by atoms with Crippen LogP contribution in [-0.2, 0) is 0 Å². The van der Waals surface area contributed by atoms with Crippen LogP contribution < -0.4 is 5.32 Å². The Labute approximate surface area is 158 Å². The van der Waals surface area contributed by atoms with Gasteiger partial charge in [0.1, 0.15) is 0 Å². The summed E-state index contributed by atoms with van der Waals surface area (Å²) in [4.78, 5) is 16.7. The Balaban J connectivity index is 1.73. The second-order valence-corrected chi connectivity index (χ2v) is 8.83. The van der Waals surface area contributed by atoms with Gasteiger partial charge < -0.3 is 14.9 Å². The van der Waals surface area contributed by atoms with Crippen molar-refractivity contribution in [1.82, 2.24) is 15.1 Å². The number of hydrogen-bond donors (Lipinski definition) is 2. The fraction of sp³-hybridized carbons (Fsp3) is 0.556. The van der Waals surface area contributed by atoms with Gasteiger partial charge in [0, 0.05) is 47.6 Å². The first-order valence-corrected chi connectivity index (χ1v) is 9.14. The molecule has 136 valence electrons. The Kier molecular flexibility index (Phi) is 4.83. The Morgan fingerprint density at radius 1 is 1.20 bits per heavy atom. The number of amides is 1. The molecule has 7 heteroatoms. The molecule has 1 amide bonds. The number of piperidine rings is 2. The lowest BCUT2D eigenvalue weighted by molar-refractivity contribution is -0.157. The molecule has 2 aliphatic rings. The van der Waals surface area contributed by atoms with Gasteiger partial charge in [-0.25, -0.2) is 0 Å². The molecule has 2 fully saturated rings. The van der Waals surface area contributed by atoms with Crippen molar-refractivity contribution in [1.29, 1.82) is 0 Å². The van der Waals surface area contributed by atoms with Gasteiger partial charge in [-0.15, -0.1) is 0 Å². The van der Waals surface area contributed by atoms with Crippen LogP contribution >= 0.6 is 23.8 Å². The van der Waals surface area contributed by atoms with E-state index in [9.17, 15) is 9.90 Å². The first-order valence-electron chi connectivity index (χ1n) is 8.35. The average Bonchev–Trinajstić information content (AvgIpc) is 2.51. The summed E-state index contributed by atoms with van der Waals surface area (Å²) in [6.07, 6.45) is -0.387. The summed E-state index contributed by atoms with van der Waals surface area (Å²) in [5.41, 5.74) is -0.0504. The predicted octanol–water partition coefficient (Wildman–Crippen LogP) is 1.99. The van der Waals surface area contributed by atoms with E-state index in [1.54, 1.807) is 24.3 Å². The smallest absolute Gasteiger partial charge is 0.257 e. The minimum Gasteiger partial charge on any atom is -0.392 e. The van der Waals surface area contributed by atoms with Gasteiger partial charge in [0.15, 0.2) is 5.11 Å². The highest BCUT2D eigenvalue weighted by atomic mass is 35.5. The molecule has 25 heavy (non-hydrogen) atoms. The normalized spacial score (nSPS) is 32.4. The summed E-state index contributed by atoms with van der Waals surface area (Å²) < 4.78 is 0. The fourth-order valence-corrected chi connectivity index (χ4v) is 4.85. The SMILES string of the molecule is CN1C[C@@]2(C)CN(C(=S)NC(=O)c3ccc(Cl)cc3)C[C@](C)(C1)C2O. The molecule has 1 aromatic rings. The molecule has 0 aromatic heterocycles. The zero-order chi connectivity index (χ0) is 18.4. The highest BCUT2D eigenvalue weighted by Gasteiger charge is 2.55. The van der Waals surface area contributed by atoms with Crippen molar-refractivity contribution in [2.75, 3.05) is 33.2 Å². The van der Waals surface area contributed by atoms with E-state index in [-0.39, 0.29) is 22.8 Å². The highest BCUT2D eigenvalue weighted by molar-refractivity contribution is 7.80. The van der Waals surface area contributed by atoms with Crippen LogP contribution in [0, 0.1) is 10.8 Å². The monoisotopic (exact) mass is 381 g/mol. The summed E-state index contributed by atoms with van der Waals surface area (Å²) >= 11 is 11.4.